The Hall–Kier alpha value is -2.30. The molecule has 120 valence electrons. The number of hydrogen-bond acceptors (Lipinski definition) is 1. The average molecular weight is 330 g/mol. The van der Waals surface area contributed by atoms with Gasteiger partial charge in [-0.2, -0.15) is 0 Å². The zero-order chi connectivity index (χ0) is 16.6. The molecule has 0 amide bonds. The molecule has 0 N–H and O–H groups in total. The van der Waals surface area contributed by atoms with E-state index in [0.29, 0.717) is 0 Å². The average Bonchev–Trinajstić information content (AvgIpc) is 3.07. The van der Waals surface area contributed by atoms with Gasteiger partial charge in [-0.3, -0.25) is 0 Å². The van der Waals surface area contributed by atoms with E-state index in [-0.39, 0.29) is 0 Å². The molecule has 0 aliphatic rings. The number of rotatable bonds is 5. The Balaban J connectivity index is 1.94. The van der Waals surface area contributed by atoms with E-state index in [1.165, 1.54) is 40.1 Å². The minimum atomic E-state index is 0.985. The number of unbranched alkanes of at least 4 members (excludes halogenated alkanes) is 3. The molecule has 24 heavy (non-hydrogen) atoms. The quantitative estimate of drug-likeness (QED) is 0.348. The maximum Gasteiger partial charge on any atom is 0.0505 e. The second-order valence-corrected chi connectivity index (χ2v) is 6.90. The summed E-state index contributed by atoms with van der Waals surface area (Å²) in [5, 5.41) is 0. The Bertz CT molecular complexity index is 817. The molecular formula is C23H22S. The Morgan fingerprint density at radius 1 is 0.833 bits per heavy atom. The van der Waals surface area contributed by atoms with Crippen LogP contribution in [0.2, 0.25) is 0 Å². The molecule has 0 nitrogen and oxygen atoms in total. The molecule has 1 heteroatoms. The lowest BCUT2D eigenvalue weighted by Crippen LogP contribution is -1.77. The SMILES string of the molecule is CCCCCC#Cc1cc(-c2ccccc2)sc1-c1ccccc1. The third kappa shape index (κ3) is 4.16. The first-order valence-corrected chi connectivity index (χ1v) is 9.43. The van der Waals surface area contributed by atoms with Gasteiger partial charge in [-0.15, -0.1) is 11.3 Å². The standard InChI is InChI=1S/C23H22S/c1-2-3-4-5-8-17-21-18-22(19-13-9-6-10-14-19)24-23(21)20-15-11-7-12-16-20/h6-7,9-16,18H,2-5H2,1H3. The minimum absolute atomic E-state index is 0.985. The van der Waals surface area contributed by atoms with E-state index in [0.717, 1.165) is 12.0 Å². The van der Waals surface area contributed by atoms with Crippen LogP contribution < -0.4 is 0 Å². The van der Waals surface area contributed by atoms with Crippen molar-refractivity contribution in [3.05, 3.63) is 72.3 Å². The topological polar surface area (TPSA) is 0 Å². The van der Waals surface area contributed by atoms with Gasteiger partial charge in [-0.05, 0) is 23.6 Å². The molecule has 0 atom stereocenters. The fourth-order valence-corrected chi connectivity index (χ4v) is 3.78. The third-order valence-electron chi connectivity index (χ3n) is 3.95. The van der Waals surface area contributed by atoms with Gasteiger partial charge in [-0.1, -0.05) is 92.3 Å². The van der Waals surface area contributed by atoms with Crippen LogP contribution >= 0.6 is 11.3 Å². The van der Waals surface area contributed by atoms with Crippen LogP contribution in [0.15, 0.2) is 66.7 Å². The van der Waals surface area contributed by atoms with Gasteiger partial charge in [0.2, 0.25) is 0 Å². The first kappa shape index (κ1) is 16.6. The Kier molecular flexibility index (Phi) is 5.88. The maximum absolute atomic E-state index is 3.42. The van der Waals surface area contributed by atoms with Gasteiger partial charge in [0.1, 0.15) is 0 Å². The molecule has 1 heterocycles. The fourth-order valence-electron chi connectivity index (χ4n) is 2.65. The highest BCUT2D eigenvalue weighted by atomic mass is 32.1. The fraction of sp³-hybridized carbons (Fsp3) is 0.217. The molecule has 3 aromatic rings. The summed E-state index contributed by atoms with van der Waals surface area (Å²) >= 11 is 1.83. The molecule has 3 rings (SSSR count). The first-order chi connectivity index (χ1) is 11.9. The third-order valence-corrected chi connectivity index (χ3v) is 5.19. The second-order valence-electron chi connectivity index (χ2n) is 5.84. The molecule has 0 bridgehead atoms. The number of thiophene rings is 1. The van der Waals surface area contributed by atoms with Gasteiger partial charge in [0.05, 0.1) is 4.88 Å². The summed E-state index contributed by atoms with van der Waals surface area (Å²) in [6.07, 6.45) is 4.69. The molecule has 1 aromatic heterocycles. The van der Waals surface area contributed by atoms with Crippen molar-refractivity contribution in [2.75, 3.05) is 0 Å². The molecule has 0 aliphatic heterocycles. The van der Waals surface area contributed by atoms with Crippen molar-refractivity contribution in [2.45, 2.75) is 32.6 Å². The lowest BCUT2D eigenvalue weighted by molar-refractivity contribution is 0.737. The zero-order valence-electron chi connectivity index (χ0n) is 14.1. The summed E-state index contributed by atoms with van der Waals surface area (Å²) in [5.74, 6) is 6.79. The van der Waals surface area contributed by atoms with Crippen molar-refractivity contribution in [3.63, 3.8) is 0 Å². The molecule has 0 aliphatic carbocycles. The summed E-state index contributed by atoms with van der Waals surface area (Å²) < 4.78 is 0. The van der Waals surface area contributed by atoms with Crippen LogP contribution in [-0.4, -0.2) is 0 Å². The minimum Gasteiger partial charge on any atom is -0.134 e. The summed E-state index contributed by atoms with van der Waals surface area (Å²) in [5.41, 5.74) is 3.67. The van der Waals surface area contributed by atoms with Crippen molar-refractivity contribution in [1.29, 1.82) is 0 Å². The maximum atomic E-state index is 3.42. The lowest BCUT2D eigenvalue weighted by atomic mass is 10.1. The van der Waals surface area contributed by atoms with Gasteiger partial charge < -0.3 is 0 Å². The highest BCUT2D eigenvalue weighted by Crippen LogP contribution is 2.37. The van der Waals surface area contributed by atoms with E-state index in [4.69, 9.17) is 0 Å². The van der Waals surface area contributed by atoms with Crippen LogP contribution in [0.25, 0.3) is 20.9 Å². The highest BCUT2D eigenvalue weighted by Gasteiger charge is 2.10. The second kappa shape index (κ2) is 8.52. The van der Waals surface area contributed by atoms with Crippen LogP contribution in [0.5, 0.6) is 0 Å². The molecule has 0 unspecified atom stereocenters. The zero-order valence-corrected chi connectivity index (χ0v) is 14.9. The van der Waals surface area contributed by atoms with Crippen molar-refractivity contribution in [2.24, 2.45) is 0 Å². The molecule has 0 fully saturated rings. The van der Waals surface area contributed by atoms with Crippen LogP contribution in [0.4, 0.5) is 0 Å². The van der Waals surface area contributed by atoms with Crippen molar-refractivity contribution >= 4 is 11.3 Å². The molecule has 0 saturated heterocycles. The smallest absolute Gasteiger partial charge is 0.0505 e. The van der Waals surface area contributed by atoms with Crippen molar-refractivity contribution in [3.8, 4) is 32.7 Å². The van der Waals surface area contributed by atoms with E-state index >= 15 is 0 Å². The molecule has 2 aromatic carbocycles. The summed E-state index contributed by atoms with van der Waals surface area (Å²) in [4.78, 5) is 2.56. The Morgan fingerprint density at radius 3 is 2.17 bits per heavy atom. The van der Waals surface area contributed by atoms with Crippen molar-refractivity contribution in [1.82, 2.24) is 0 Å². The Morgan fingerprint density at radius 2 is 1.50 bits per heavy atom. The van der Waals surface area contributed by atoms with E-state index in [1.54, 1.807) is 0 Å². The monoisotopic (exact) mass is 330 g/mol. The Labute approximate surface area is 149 Å². The molecule has 0 spiro atoms. The summed E-state index contributed by atoms with van der Waals surface area (Å²) in [6.45, 7) is 2.23. The van der Waals surface area contributed by atoms with Crippen LogP contribution in [0, 0.1) is 11.8 Å². The van der Waals surface area contributed by atoms with E-state index in [2.05, 4.69) is 85.5 Å². The number of hydrogen-bond donors (Lipinski definition) is 0. The lowest BCUT2D eigenvalue weighted by Gasteiger charge is -1.98. The molecule has 0 radical (unpaired) electrons. The number of benzene rings is 2. The normalized spacial score (nSPS) is 10.2. The van der Waals surface area contributed by atoms with Crippen LogP contribution in [0.3, 0.4) is 0 Å². The highest BCUT2D eigenvalue weighted by molar-refractivity contribution is 7.19. The van der Waals surface area contributed by atoms with E-state index in [1.807, 2.05) is 11.3 Å². The van der Waals surface area contributed by atoms with Gasteiger partial charge in [0.25, 0.3) is 0 Å². The predicted molar refractivity (Wildman–Crippen MR) is 106 cm³/mol. The van der Waals surface area contributed by atoms with Gasteiger partial charge in [-0.25, -0.2) is 0 Å². The summed E-state index contributed by atoms with van der Waals surface area (Å²) in [7, 11) is 0. The van der Waals surface area contributed by atoms with E-state index in [9.17, 15) is 0 Å². The summed E-state index contributed by atoms with van der Waals surface area (Å²) in [6, 6.07) is 23.4. The van der Waals surface area contributed by atoms with Crippen molar-refractivity contribution < 1.29 is 0 Å². The predicted octanol–water partition coefficient (Wildman–Crippen LogP) is 7.01. The van der Waals surface area contributed by atoms with Gasteiger partial charge >= 0.3 is 0 Å². The van der Waals surface area contributed by atoms with Crippen LogP contribution in [-0.2, 0) is 0 Å². The van der Waals surface area contributed by atoms with Crippen LogP contribution in [0.1, 0.15) is 38.2 Å². The van der Waals surface area contributed by atoms with E-state index < -0.39 is 0 Å². The molecule has 0 saturated carbocycles. The first-order valence-electron chi connectivity index (χ1n) is 8.62. The van der Waals surface area contributed by atoms with Gasteiger partial charge in [0.15, 0.2) is 0 Å². The molecular weight excluding hydrogens is 308 g/mol. The largest absolute Gasteiger partial charge is 0.134 e. The van der Waals surface area contributed by atoms with Gasteiger partial charge in [0, 0.05) is 16.9 Å².